The number of aryl methyl sites for hydroxylation is 1. The maximum atomic E-state index is 11.7. The quantitative estimate of drug-likeness (QED) is 0.657. The molecule has 0 saturated carbocycles. The Balaban J connectivity index is 0.000000370. The second-order valence-electron chi connectivity index (χ2n) is 7.29. The van der Waals surface area contributed by atoms with Crippen molar-refractivity contribution in [3.05, 3.63) is 18.0 Å². The summed E-state index contributed by atoms with van der Waals surface area (Å²) < 4.78 is 65.4. The standard InChI is InChI=1S/C14H24N4O3S.C2HF3O2/c1-3-22(19,20)16-9-14-10-18(7-13(14)8-21-11-14)6-12-4-15-17(2)5-12;3-2(4,5)1(6)7/h4-5,13,16H,3,6-11H2,1-2H3;(H,6,7)/t13-,14+;/m1./s1. The lowest BCUT2D eigenvalue weighted by atomic mass is 9.81. The minimum Gasteiger partial charge on any atom is -0.475 e. The molecule has 1 aromatic heterocycles. The number of fused-ring (bicyclic) bond motifs is 1. The lowest BCUT2D eigenvalue weighted by Gasteiger charge is -2.27. The molecule has 2 atom stereocenters. The molecule has 0 unspecified atom stereocenters. The summed E-state index contributed by atoms with van der Waals surface area (Å²) in [4.78, 5) is 11.3. The Morgan fingerprint density at radius 1 is 1.48 bits per heavy atom. The first-order valence-corrected chi connectivity index (χ1v) is 10.6. The Labute approximate surface area is 166 Å². The molecule has 0 spiro atoms. The average Bonchev–Trinajstić information content (AvgIpc) is 3.27. The highest BCUT2D eigenvalue weighted by atomic mass is 32.2. The smallest absolute Gasteiger partial charge is 0.475 e. The van der Waals surface area contributed by atoms with Crippen molar-refractivity contribution < 1.29 is 36.2 Å². The van der Waals surface area contributed by atoms with Crippen LogP contribution in [0.5, 0.6) is 0 Å². The fourth-order valence-corrected chi connectivity index (χ4v) is 4.19. The van der Waals surface area contributed by atoms with Crippen LogP contribution in [0, 0.1) is 11.3 Å². The van der Waals surface area contributed by atoms with Gasteiger partial charge < -0.3 is 9.84 Å². The second-order valence-corrected chi connectivity index (χ2v) is 9.39. The van der Waals surface area contributed by atoms with Crippen LogP contribution in [0.4, 0.5) is 13.2 Å². The average molecular weight is 442 g/mol. The zero-order chi connectivity index (χ0) is 21.9. The second kappa shape index (κ2) is 8.98. The molecular formula is C16H25F3N4O5S. The number of alkyl halides is 3. The highest BCUT2D eigenvalue weighted by Crippen LogP contribution is 2.41. The number of carboxylic acids is 1. The zero-order valence-corrected chi connectivity index (χ0v) is 17.0. The number of ether oxygens (including phenoxy) is 1. The molecule has 2 fully saturated rings. The molecule has 2 aliphatic rings. The van der Waals surface area contributed by atoms with Gasteiger partial charge in [0, 0.05) is 56.3 Å². The lowest BCUT2D eigenvalue weighted by Crippen LogP contribution is -2.43. The van der Waals surface area contributed by atoms with Crippen LogP contribution in [0.3, 0.4) is 0 Å². The van der Waals surface area contributed by atoms with E-state index < -0.39 is 22.2 Å². The highest BCUT2D eigenvalue weighted by molar-refractivity contribution is 7.89. The van der Waals surface area contributed by atoms with Gasteiger partial charge in [0.1, 0.15) is 0 Å². The molecule has 9 nitrogen and oxygen atoms in total. The normalized spacial score (nSPS) is 24.8. The van der Waals surface area contributed by atoms with E-state index in [4.69, 9.17) is 14.6 Å². The number of nitrogens with zero attached hydrogens (tertiary/aromatic N) is 3. The van der Waals surface area contributed by atoms with Crippen molar-refractivity contribution in [2.24, 2.45) is 18.4 Å². The van der Waals surface area contributed by atoms with E-state index in [2.05, 4.69) is 14.7 Å². The molecular weight excluding hydrogens is 417 g/mol. The van der Waals surface area contributed by atoms with Gasteiger partial charge in [0.15, 0.2) is 0 Å². The molecule has 2 N–H and O–H groups in total. The van der Waals surface area contributed by atoms with Crippen molar-refractivity contribution >= 4 is 16.0 Å². The van der Waals surface area contributed by atoms with Gasteiger partial charge in [0.25, 0.3) is 0 Å². The lowest BCUT2D eigenvalue weighted by molar-refractivity contribution is -0.192. The number of aromatic nitrogens is 2. The number of carboxylic acid groups (broad SMARTS) is 1. The predicted octanol–water partition coefficient (Wildman–Crippen LogP) is 0.441. The first-order valence-electron chi connectivity index (χ1n) is 8.92. The number of rotatable bonds is 6. The minimum atomic E-state index is -5.08. The summed E-state index contributed by atoms with van der Waals surface area (Å²) in [5.74, 6) is -2.25. The van der Waals surface area contributed by atoms with Crippen molar-refractivity contribution in [3.8, 4) is 0 Å². The molecule has 0 aliphatic carbocycles. The van der Waals surface area contributed by atoms with Gasteiger partial charge >= 0.3 is 12.1 Å². The summed E-state index contributed by atoms with van der Waals surface area (Å²) in [7, 11) is -1.25. The number of hydrogen-bond donors (Lipinski definition) is 2. The minimum absolute atomic E-state index is 0.0928. The third-order valence-corrected chi connectivity index (χ3v) is 6.37. The van der Waals surface area contributed by atoms with Gasteiger partial charge in [-0.15, -0.1) is 0 Å². The Morgan fingerprint density at radius 3 is 2.66 bits per heavy atom. The van der Waals surface area contributed by atoms with Gasteiger partial charge in [-0.2, -0.15) is 18.3 Å². The van der Waals surface area contributed by atoms with Gasteiger partial charge in [-0.3, -0.25) is 9.58 Å². The van der Waals surface area contributed by atoms with Gasteiger partial charge in [-0.1, -0.05) is 0 Å². The summed E-state index contributed by atoms with van der Waals surface area (Å²) in [5, 5.41) is 11.3. The monoisotopic (exact) mass is 442 g/mol. The number of aliphatic carboxylic acids is 1. The first kappa shape index (κ1) is 23.6. The first-order chi connectivity index (χ1) is 13.4. The van der Waals surface area contributed by atoms with Gasteiger partial charge in [-0.25, -0.2) is 17.9 Å². The van der Waals surface area contributed by atoms with E-state index in [1.165, 1.54) is 5.56 Å². The predicted molar refractivity (Wildman–Crippen MR) is 96.4 cm³/mol. The van der Waals surface area contributed by atoms with Crippen LogP contribution in [-0.2, 0) is 33.1 Å². The van der Waals surface area contributed by atoms with Crippen molar-refractivity contribution in [1.82, 2.24) is 19.4 Å². The number of carbonyl (C=O) groups is 1. The summed E-state index contributed by atoms with van der Waals surface area (Å²) in [6.45, 7) is 6.14. The van der Waals surface area contributed by atoms with Crippen LogP contribution >= 0.6 is 0 Å². The summed E-state index contributed by atoms with van der Waals surface area (Å²) in [5.41, 5.74) is 1.09. The van der Waals surface area contributed by atoms with Crippen LogP contribution in [0.1, 0.15) is 12.5 Å². The molecule has 0 aromatic carbocycles. The van der Waals surface area contributed by atoms with Crippen LogP contribution < -0.4 is 4.72 Å². The van der Waals surface area contributed by atoms with E-state index >= 15 is 0 Å². The van der Waals surface area contributed by atoms with Crippen LogP contribution in [0.25, 0.3) is 0 Å². The Bertz CT molecular complexity index is 814. The summed E-state index contributed by atoms with van der Waals surface area (Å²) >= 11 is 0. The van der Waals surface area contributed by atoms with Crippen LogP contribution in [0.15, 0.2) is 12.4 Å². The largest absolute Gasteiger partial charge is 0.490 e. The zero-order valence-electron chi connectivity index (χ0n) is 16.1. The molecule has 0 amide bonds. The molecule has 0 radical (unpaired) electrons. The maximum Gasteiger partial charge on any atom is 0.490 e. The van der Waals surface area contributed by atoms with E-state index in [1.807, 2.05) is 19.4 Å². The topological polar surface area (TPSA) is 114 Å². The number of hydrogen-bond acceptors (Lipinski definition) is 6. The summed E-state index contributed by atoms with van der Waals surface area (Å²) in [6, 6.07) is 0. The molecule has 2 saturated heterocycles. The fourth-order valence-electron chi connectivity index (χ4n) is 3.48. The van der Waals surface area contributed by atoms with Gasteiger partial charge in [0.05, 0.1) is 25.2 Å². The highest BCUT2D eigenvalue weighted by Gasteiger charge is 2.50. The number of sulfonamides is 1. The van der Waals surface area contributed by atoms with Gasteiger partial charge in [0.2, 0.25) is 10.0 Å². The van der Waals surface area contributed by atoms with Crippen LogP contribution in [0.2, 0.25) is 0 Å². The van der Waals surface area contributed by atoms with E-state index in [0.29, 0.717) is 19.1 Å². The fraction of sp³-hybridized carbons (Fsp3) is 0.750. The molecule has 3 rings (SSSR count). The third-order valence-electron chi connectivity index (χ3n) is 5.02. The molecule has 166 valence electrons. The molecule has 29 heavy (non-hydrogen) atoms. The van der Waals surface area contributed by atoms with Crippen molar-refractivity contribution in [2.45, 2.75) is 19.6 Å². The number of halogens is 3. The summed E-state index contributed by atoms with van der Waals surface area (Å²) in [6.07, 6.45) is -1.17. The Hall–Kier alpha value is -1.70. The maximum absolute atomic E-state index is 11.7. The number of likely N-dealkylation sites (tertiary alicyclic amines) is 1. The molecule has 13 heteroatoms. The number of nitrogens with one attached hydrogen (secondary N) is 1. The van der Waals surface area contributed by atoms with Gasteiger partial charge in [-0.05, 0) is 6.92 Å². The SMILES string of the molecule is CCS(=O)(=O)NC[C@]12COC[C@H]1CN(Cc1cnn(C)c1)C2.O=C(O)C(F)(F)F. The van der Waals surface area contributed by atoms with Crippen molar-refractivity contribution in [1.29, 1.82) is 0 Å². The van der Waals surface area contributed by atoms with E-state index in [0.717, 1.165) is 26.2 Å². The van der Waals surface area contributed by atoms with Crippen molar-refractivity contribution in [3.63, 3.8) is 0 Å². The van der Waals surface area contributed by atoms with Crippen molar-refractivity contribution in [2.75, 3.05) is 38.6 Å². The third kappa shape index (κ3) is 6.39. The Kier molecular flexibility index (Phi) is 7.30. The van der Waals surface area contributed by atoms with E-state index in [-0.39, 0.29) is 11.2 Å². The van der Waals surface area contributed by atoms with E-state index in [9.17, 15) is 21.6 Å². The molecule has 1 aromatic rings. The van der Waals surface area contributed by atoms with Crippen LogP contribution in [-0.4, -0.2) is 79.0 Å². The Morgan fingerprint density at radius 2 is 2.14 bits per heavy atom. The van der Waals surface area contributed by atoms with E-state index in [1.54, 1.807) is 11.6 Å². The molecule has 2 aliphatic heterocycles. The molecule has 3 heterocycles. The molecule has 0 bridgehead atoms.